The van der Waals surface area contributed by atoms with Crippen LogP contribution in [0, 0.1) is 0 Å². The highest BCUT2D eigenvalue weighted by atomic mass is 16.3. The van der Waals surface area contributed by atoms with E-state index < -0.39 is 5.72 Å². The zero-order valence-corrected chi connectivity index (χ0v) is 17.9. The van der Waals surface area contributed by atoms with E-state index in [-0.39, 0.29) is 6.61 Å². The molecule has 0 aliphatic carbocycles. The molecule has 8 heteroatoms. The summed E-state index contributed by atoms with van der Waals surface area (Å²) in [6.07, 6.45) is 11.2. The standard InChI is InChI=1S/C22H32N6O2/c1-3-17-15-25-28-19(23-13-16-7-9-22(2,30)24-14-16)12-20(26-21(17)28)27-10-5-4-6-18(27)8-11-29/h7,12,14-15,18,23,29-30H,3-6,8-11,13H2,1-2H3/t18-,22?/m0/s1. The van der Waals surface area contributed by atoms with Crippen LogP contribution in [0.5, 0.6) is 0 Å². The first-order valence-corrected chi connectivity index (χ1v) is 11.0. The Morgan fingerprint density at radius 2 is 2.20 bits per heavy atom. The predicted molar refractivity (Wildman–Crippen MR) is 119 cm³/mol. The van der Waals surface area contributed by atoms with E-state index in [4.69, 9.17) is 4.98 Å². The molecule has 2 atom stereocenters. The molecule has 162 valence electrons. The molecule has 0 bridgehead atoms. The van der Waals surface area contributed by atoms with E-state index in [0.717, 1.165) is 60.6 Å². The summed E-state index contributed by atoms with van der Waals surface area (Å²) in [5, 5.41) is 27.6. The smallest absolute Gasteiger partial charge is 0.162 e. The number of fused-ring (bicyclic) bond motifs is 1. The molecule has 0 amide bonds. The van der Waals surface area contributed by atoms with Gasteiger partial charge in [-0.1, -0.05) is 13.0 Å². The van der Waals surface area contributed by atoms with Crippen molar-refractivity contribution in [1.82, 2.24) is 14.6 Å². The van der Waals surface area contributed by atoms with Gasteiger partial charge in [-0.3, -0.25) is 4.99 Å². The Kier molecular flexibility index (Phi) is 6.06. The lowest BCUT2D eigenvalue weighted by Gasteiger charge is -2.36. The largest absolute Gasteiger partial charge is 0.396 e. The van der Waals surface area contributed by atoms with Crippen LogP contribution in [0.4, 0.5) is 11.6 Å². The minimum absolute atomic E-state index is 0.193. The van der Waals surface area contributed by atoms with Crippen LogP contribution in [-0.4, -0.2) is 62.5 Å². The molecule has 0 radical (unpaired) electrons. The molecule has 0 saturated carbocycles. The highest BCUT2D eigenvalue weighted by molar-refractivity contribution is 5.81. The number of nitrogens with one attached hydrogen (secondary N) is 1. The zero-order chi connectivity index (χ0) is 21.1. The van der Waals surface area contributed by atoms with Crippen molar-refractivity contribution >= 4 is 23.5 Å². The van der Waals surface area contributed by atoms with Gasteiger partial charge in [0, 0.05) is 50.0 Å². The number of aliphatic hydroxyl groups excluding tert-OH is 1. The average molecular weight is 413 g/mol. The van der Waals surface area contributed by atoms with Crippen molar-refractivity contribution in [3.05, 3.63) is 29.5 Å². The molecule has 2 aromatic heterocycles. The molecule has 1 saturated heterocycles. The maximum Gasteiger partial charge on any atom is 0.162 e. The first-order valence-electron chi connectivity index (χ1n) is 11.0. The van der Waals surface area contributed by atoms with Crippen molar-refractivity contribution in [2.45, 2.75) is 64.1 Å². The second kappa shape index (κ2) is 8.73. The van der Waals surface area contributed by atoms with Crippen molar-refractivity contribution in [2.24, 2.45) is 4.99 Å². The van der Waals surface area contributed by atoms with Crippen molar-refractivity contribution in [1.29, 1.82) is 0 Å². The van der Waals surface area contributed by atoms with Crippen LogP contribution in [0.15, 0.2) is 28.9 Å². The Morgan fingerprint density at radius 1 is 1.33 bits per heavy atom. The zero-order valence-electron chi connectivity index (χ0n) is 17.9. The normalized spacial score (nSPS) is 24.3. The molecule has 1 unspecified atom stereocenters. The monoisotopic (exact) mass is 412 g/mol. The number of aliphatic hydroxyl groups is 2. The maximum absolute atomic E-state index is 9.99. The minimum atomic E-state index is -1.01. The lowest BCUT2D eigenvalue weighted by Crippen LogP contribution is -2.40. The maximum atomic E-state index is 9.99. The van der Waals surface area contributed by atoms with Crippen LogP contribution in [0.1, 0.15) is 51.5 Å². The fourth-order valence-corrected chi connectivity index (χ4v) is 4.23. The molecular weight excluding hydrogens is 380 g/mol. The third-order valence-electron chi connectivity index (χ3n) is 6.03. The molecule has 30 heavy (non-hydrogen) atoms. The molecule has 0 aromatic carbocycles. The number of anilines is 2. The number of dihydropyridines is 1. The Balaban J connectivity index is 1.64. The van der Waals surface area contributed by atoms with E-state index >= 15 is 0 Å². The van der Waals surface area contributed by atoms with Crippen LogP contribution in [-0.2, 0) is 6.42 Å². The number of aryl methyl sites for hydroxylation is 1. The molecule has 2 aliphatic heterocycles. The Bertz CT molecular complexity index is 946. The number of nitrogens with zero attached hydrogens (tertiary/aromatic N) is 5. The summed E-state index contributed by atoms with van der Waals surface area (Å²) >= 11 is 0. The van der Waals surface area contributed by atoms with Gasteiger partial charge in [-0.2, -0.15) is 9.61 Å². The Labute approximate surface area is 177 Å². The van der Waals surface area contributed by atoms with Crippen LogP contribution < -0.4 is 10.2 Å². The summed E-state index contributed by atoms with van der Waals surface area (Å²) in [4.78, 5) is 11.5. The highest BCUT2D eigenvalue weighted by Crippen LogP contribution is 2.29. The van der Waals surface area contributed by atoms with Gasteiger partial charge in [0.2, 0.25) is 0 Å². The number of rotatable bonds is 7. The molecule has 1 fully saturated rings. The fourth-order valence-electron chi connectivity index (χ4n) is 4.23. The Hall–Kier alpha value is -2.45. The van der Waals surface area contributed by atoms with Crippen LogP contribution in [0.2, 0.25) is 0 Å². The van der Waals surface area contributed by atoms with Gasteiger partial charge in [-0.15, -0.1) is 0 Å². The highest BCUT2D eigenvalue weighted by Gasteiger charge is 2.25. The van der Waals surface area contributed by atoms with Crippen LogP contribution in [0.25, 0.3) is 5.65 Å². The molecule has 4 heterocycles. The van der Waals surface area contributed by atoms with Gasteiger partial charge >= 0.3 is 0 Å². The number of hydrogen-bond donors (Lipinski definition) is 3. The van der Waals surface area contributed by atoms with Gasteiger partial charge in [0.15, 0.2) is 11.4 Å². The van der Waals surface area contributed by atoms with Crippen LogP contribution >= 0.6 is 0 Å². The summed E-state index contributed by atoms with van der Waals surface area (Å²) in [6.45, 7) is 5.57. The van der Waals surface area contributed by atoms with Crippen molar-refractivity contribution in [3.8, 4) is 0 Å². The second-order valence-corrected chi connectivity index (χ2v) is 8.43. The van der Waals surface area contributed by atoms with Gasteiger partial charge in [-0.25, -0.2) is 4.98 Å². The Morgan fingerprint density at radius 3 is 2.93 bits per heavy atom. The van der Waals surface area contributed by atoms with Gasteiger partial charge in [0.25, 0.3) is 0 Å². The number of aromatic nitrogens is 3. The van der Waals surface area contributed by atoms with Crippen molar-refractivity contribution in [3.63, 3.8) is 0 Å². The topological polar surface area (TPSA) is 98.3 Å². The van der Waals surface area contributed by atoms with Gasteiger partial charge in [0.05, 0.1) is 6.20 Å². The van der Waals surface area contributed by atoms with Gasteiger partial charge < -0.3 is 20.4 Å². The predicted octanol–water partition coefficient (Wildman–Crippen LogP) is 2.55. The summed E-state index contributed by atoms with van der Waals surface area (Å²) in [6, 6.07) is 2.38. The molecule has 8 nitrogen and oxygen atoms in total. The SMILES string of the molecule is CCc1cnn2c(NCC3=CCC(C)(O)N=C3)cc(N3CCCC[C@H]3CCO)nc12. The van der Waals surface area contributed by atoms with Gasteiger partial charge in [-0.05, 0) is 44.6 Å². The summed E-state index contributed by atoms with van der Waals surface area (Å²) in [7, 11) is 0. The van der Waals surface area contributed by atoms with Crippen molar-refractivity contribution in [2.75, 3.05) is 29.9 Å². The van der Waals surface area contributed by atoms with Crippen molar-refractivity contribution < 1.29 is 10.2 Å². The minimum Gasteiger partial charge on any atom is -0.396 e. The van der Waals surface area contributed by atoms with E-state index in [1.54, 1.807) is 13.1 Å². The number of hydrogen-bond acceptors (Lipinski definition) is 7. The second-order valence-electron chi connectivity index (χ2n) is 8.43. The summed E-state index contributed by atoms with van der Waals surface area (Å²) in [5.74, 6) is 1.82. The average Bonchev–Trinajstić information content (AvgIpc) is 3.16. The van der Waals surface area contributed by atoms with E-state index in [1.807, 2.05) is 16.8 Å². The fraction of sp³-hybridized carbons (Fsp3) is 0.591. The van der Waals surface area contributed by atoms with E-state index in [0.29, 0.717) is 19.0 Å². The molecule has 0 spiro atoms. The lowest BCUT2D eigenvalue weighted by atomic mass is 9.99. The summed E-state index contributed by atoms with van der Waals surface area (Å²) in [5.41, 5.74) is 2.02. The van der Waals surface area contributed by atoms with E-state index in [1.165, 1.54) is 6.42 Å². The van der Waals surface area contributed by atoms with E-state index in [9.17, 15) is 10.2 Å². The molecule has 2 aliphatic rings. The third-order valence-corrected chi connectivity index (χ3v) is 6.03. The quantitative estimate of drug-likeness (QED) is 0.647. The van der Waals surface area contributed by atoms with Gasteiger partial charge in [0.1, 0.15) is 11.6 Å². The molecule has 3 N–H and O–H groups in total. The first kappa shape index (κ1) is 20.8. The first-order chi connectivity index (χ1) is 14.5. The van der Waals surface area contributed by atoms with E-state index in [2.05, 4.69) is 33.3 Å². The summed E-state index contributed by atoms with van der Waals surface area (Å²) < 4.78 is 1.87. The molecule has 2 aromatic rings. The third kappa shape index (κ3) is 4.34. The number of piperidine rings is 1. The van der Waals surface area contributed by atoms with Crippen LogP contribution in [0.3, 0.4) is 0 Å². The number of aliphatic imine (C=N–C) groups is 1. The lowest BCUT2D eigenvalue weighted by molar-refractivity contribution is 0.0724. The molecule has 4 rings (SSSR count). The molecular formula is C22H32N6O2.